The molecular formula is C13H25N7O. The van der Waals surface area contributed by atoms with Gasteiger partial charge in [-0.1, -0.05) is 13.8 Å². The lowest BCUT2D eigenvalue weighted by Gasteiger charge is -2.25. The first-order valence-corrected chi connectivity index (χ1v) is 7.17. The van der Waals surface area contributed by atoms with Crippen molar-refractivity contribution in [2.75, 3.05) is 41.7 Å². The standard InChI is InChI=1S/C13H25N7O/c1-5-19(6-2)12-16-11(15)17-13(18-12)20(7-9(3)4)8-10(14)21/h9H,5-8H2,1-4H3,(H2,14,21)(H2,15,16,17,18). The van der Waals surface area contributed by atoms with Crippen molar-refractivity contribution in [2.45, 2.75) is 27.7 Å². The van der Waals surface area contributed by atoms with E-state index in [1.54, 1.807) is 4.90 Å². The highest BCUT2D eigenvalue weighted by molar-refractivity contribution is 5.79. The first-order chi connectivity index (χ1) is 9.87. The van der Waals surface area contributed by atoms with Crippen LogP contribution in [0.4, 0.5) is 17.8 Å². The van der Waals surface area contributed by atoms with Gasteiger partial charge in [0.05, 0.1) is 6.54 Å². The Kier molecular flexibility index (Phi) is 6.13. The van der Waals surface area contributed by atoms with Gasteiger partial charge in [0.2, 0.25) is 23.8 Å². The number of primary amides is 1. The number of nitrogens with two attached hydrogens (primary N) is 2. The van der Waals surface area contributed by atoms with Gasteiger partial charge in [-0.3, -0.25) is 4.79 Å². The van der Waals surface area contributed by atoms with Crippen molar-refractivity contribution in [2.24, 2.45) is 11.7 Å². The fourth-order valence-electron chi connectivity index (χ4n) is 2.00. The lowest BCUT2D eigenvalue weighted by molar-refractivity contribution is -0.116. The molecule has 1 heterocycles. The largest absolute Gasteiger partial charge is 0.368 e. The summed E-state index contributed by atoms with van der Waals surface area (Å²) in [6, 6.07) is 0. The number of carbonyl (C=O) groups is 1. The third-order valence-electron chi connectivity index (χ3n) is 2.89. The monoisotopic (exact) mass is 295 g/mol. The van der Waals surface area contributed by atoms with Gasteiger partial charge >= 0.3 is 0 Å². The van der Waals surface area contributed by atoms with Crippen molar-refractivity contribution in [3.63, 3.8) is 0 Å². The highest BCUT2D eigenvalue weighted by Gasteiger charge is 2.17. The zero-order chi connectivity index (χ0) is 16.0. The Labute approximate surface area is 125 Å². The van der Waals surface area contributed by atoms with Crippen molar-refractivity contribution in [3.8, 4) is 0 Å². The highest BCUT2D eigenvalue weighted by atomic mass is 16.1. The third kappa shape index (κ3) is 5.05. The fraction of sp³-hybridized carbons (Fsp3) is 0.692. The maximum Gasteiger partial charge on any atom is 0.237 e. The second kappa shape index (κ2) is 7.61. The SMILES string of the molecule is CCN(CC)c1nc(N)nc(N(CC(N)=O)CC(C)C)n1. The Hall–Kier alpha value is -2.12. The van der Waals surface area contributed by atoms with Gasteiger partial charge in [-0.15, -0.1) is 0 Å². The number of hydrogen-bond donors (Lipinski definition) is 2. The number of rotatable bonds is 8. The predicted molar refractivity (Wildman–Crippen MR) is 84.0 cm³/mol. The summed E-state index contributed by atoms with van der Waals surface area (Å²) in [4.78, 5) is 27.7. The van der Waals surface area contributed by atoms with Gasteiger partial charge in [0, 0.05) is 19.6 Å². The molecule has 1 aromatic rings. The molecule has 118 valence electrons. The minimum absolute atomic E-state index is 0.0549. The lowest BCUT2D eigenvalue weighted by atomic mass is 10.2. The quantitative estimate of drug-likeness (QED) is 0.706. The molecule has 0 saturated heterocycles. The molecule has 0 unspecified atom stereocenters. The van der Waals surface area contributed by atoms with Gasteiger partial charge in [0.1, 0.15) is 0 Å². The van der Waals surface area contributed by atoms with E-state index in [2.05, 4.69) is 15.0 Å². The second-order valence-corrected chi connectivity index (χ2v) is 5.21. The summed E-state index contributed by atoms with van der Waals surface area (Å²) in [7, 11) is 0. The summed E-state index contributed by atoms with van der Waals surface area (Å²) in [5.41, 5.74) is 11.1. The third-order valence-corrected chi connectivity index (χ3v) is 2.89. The number of aromatic nitrogens is 3. The Morgan fingerprint density at radius 3 is 2.05 bits per heavy atom. The number of amides is 1. The maximum absolute atomic E-state index is 11.2. The van der Waals surface area contributed by atoms with Crippen molar-refractivity contribution in [1.82, 2.24) is 15.0 Å². The summed E-state index contributed by atoms with van der Waals surface area (Å²) in [6.45, 7) is 10.3. The molecule has 0 atom stereocenters. The molecule has 4 N–H and O–H groups in total. The van der Waals surface area contributed by atoms with Gasteiger partial charge in [0.25, 0.3) is 0 Å². The molecule has 0 fully saturated rings. The Morgan fingerprint density at radius 2 is 1.62 bits per heavy atom. The van der Waals surface area contributed by atoms with Gasteiger partial charge in [-0.05, 0) is 19.8 Å². The van der Waals surface area contributed by atoms with Crippen LogP contribution in [0.3, 0.4) is 0 Å². The van der Waals surface area contributed by atoms with E-state index in [4.69, 9.17) is 11.5 Å². The molecule has 8 heteroatoms. The Balaban J connectivity index is 3.14. The van der Waals surface area contributed by atoms with Crippen LogP contribution in [0.15, 0.2) is 0 Å². The summed E-state index contributed by atoms with van der Waals surface area (Å²) in [5, 5.41) is 0. The van der Waals surface area contributed by atoms with Crippen molar-refractivity contribution in [1.29, 1.82) is 0 Å². The topological polar surface area (TPSA) is 114 Å². The number of hydrogen-bond acceptors (Lipinski definition) is 7. The van der Waals surface area contributed by atoms with Crippen LogP contribution in [0.1, 0.15) is 27.7 Å². The molecule has 1 rings (SSSR count). The second-order valence-electron chi connectivity index (χ2n) is 5.21. The van der Waals surface area contributed by atoms with Crippen LogP contribution >= 0.6 is 0 Å². The van der Waals surface area contributed by atoms with E-state index in [0.29, 0.717) is 24.4 Å². The summed E-state index contributed by atoms with van der Waals surface area (Å²) >= 11 is 0. The van der Waals surface area contributed by atoms with E-state index in [9.17, 15) is 4.79 Å². The molecule has 1 amide bonds. The molecule has 8 nitrogen and oxygen atoms in total. The minimum Gasteiger partial charge on any atom is -0.368 e. The number of nitrogens with zero attached hydrogens (tertiary/aromatic N) is 5. The molecule has 0 saturated carbocycles. The molecule has 0 aromatic carbocycles. The summed E-state index contributed by atoms with van der Waals surface area (Å²) < 4.78 is 0. The smallest absolute Gasteiger partial charge is 0.237 e. The van der Waals surface area contributed by atoms with Crippen LogP contribution in [0, 0.1) is 5.92 Å². The van der Waals surface area contributed by atoms with Crippen LogP contribution < -0.4 is 21.3 Å². The molecule has 0 aliphatic heterocycles. The van der Waals surface area contributed by atoms with E-state index in [1.165, 1.54) is 0 Å². The molecule has 0 aliphatic rings. The van der Waals surface area contributed by atoms with Crippen LogP contribution in [0.25, 0.3) is 0 Å². The lowest BCUT2D eigenvalue weighted by Crippen LogP contribution is -2.38. The van der Waals surface area contributed by atoms with E-state index in [0.717, 1.165) is 13.1 Å². The molecule has 0 bridgehead atoms. The fourth-order valence-corrected chi connectivity index (χ4v) is 2.00. The number of carbonyl (C=O) groups excluding carboxylic acids is 1. The van der Waals surface area contributed by atoms with E-state index >= 15 is 0 Å². The van der Waals surface area contributed by atoms with Crippen molar-refractivity contribution >= 4 is 23.8 Å². The van der Waals surface area contributed by atoms with Gasteiger partial charge in [-0.2, -0.15) is 15.0 Å². The molecule has 21 heavy (non-hydrogen) atoms. The van der Waals surface area contributed by atoms with Crippen molar-refractivity contribution < 1.29 is 4.79 Å². The molecular weight excluding hydrogens is 270 g/mol. The average molecular weight is 295 g/mol. The van der Waals surface area contributed by atoms with E-state index in [-0.39, 0.29) is 12.5 Å². The molecule has 0 spiro atoms. The van der Waals surface area contributed by atoms with Gasteiger partial charge in [-0.25, -0.2) is 0 Å². The summed E-state index contributed by atoms with van der Waals surface area (Å²) in [6.07, 6.45) is 0. The van der Waals surface area contributed by atoms with Crippen LogP contribution in [-0.4, -0.2) is 47.0 Å². The van der Waals surface area contributed by atoms with Crippen LogP contribution in [0.2, 0.25) is 0 Å². The molecule has 1 aromatic heterocycles. The van der Waals surface area contributed by atoms with Gasteiger partial charge < -0.3 is 21.3 Å². The van der Waals surface area contributed by atoms with Crippen LogP contribution in [-0.2, 0) is 4.79 Å². The van der Waals surface area contributed by atoms with Crippen molar-refractivity contribution in [3.05, 3.63) is 0 Å². The zero-order valence-corrected chi connectivity index (χ0v) is 13.2. The molecule has 0 aliphatic carbocycles. The van der Waals surface area contributed by atoms with E-state index in [1.807, 2.05) is 32.6 Å². The Bertz CT molecular complexity index is 474. The molecule has 0 radical (unpaired) electrons. The van der Waals surface area contributed by atoms with E-state index < -0.39 is 5.91 Å². The normalized spacial score (nSPS) is 10.7. The maximum atomic E-state index is 11.2. The zero-order valence-electron chi connectivity index (χ0n) is 13.2. The predicted octanol–water partition coefficient (Wildman–Crippen LogP) is 0.248. The average Bonchev–Trinajstić information content (AvgIpc) is 2.37. The van der Waals surface area contributed by atoms with Crippen LogP contribution in [0.5, 0.6) is 0 Å². The number of anilines is 3. The first kappa shape index (κ1) is 16.9. The van der Waals surface area contributed by atoms with Gasteiger partial charge in [0.15, 0.2) is 0 Å². The minimum atomic E-state index is -0.431. The first-order valence-electron chi connectivity index (χ1n) is 7.17. The highest BCUT2D eigenvalue weighted by Crippen LogP contribution is 2.16. The summed E-state index contributed by atoms with van der Waals surface area (Å²) in [5.74, 6) is 0.941. The number of nitrogen functional groups attached to an aromatic ring is 1. The Morgan fingerprint density at radius 1 is 1.10 bits per heavy atom.